The lowest BCUT2D eigenvalue weighted by molar-refractivity contribution is -0.000670. The Bertz CT molecular complexity index is 511. The van der Waals surface area contributed by atoms with Crippen molar-refractivity contribution >= 4 is 5.78 Å². The Morgan fingerprint density at radius 3 is 2.95 bits per heavy atom. The summed E-state index contributed by atoms with van der Waals surface area (Å²) in [5.41, 5.74) is 0.663. The van der Waals surface area contributed by atoms with E-state index in [-0.39, 0.29) is 18.7 Å². The maximum absolute atomic E-state index is 12.3. The predicted molar refractivity (Wildman–Crippen MR) is 78.0 cm³/mol. The molecule has 1 saturated heterocycles. The summed E-state index contributed by atoms with van der Waals surface area (Å²) in [6, 6.07) is 5.34. The zero-order valence-electron chi connectivity index (χ0n) is 12.3. The number of hydrogen-bond donors (Lipinski definition) is 0. The van der Waals surface area contributed by atoms with E-state index in [0.717, 1.165) is 26.0 Å². The molecule has 1 fully saturated rings. The lowest BCUT2D eigenvalue weighted by Gasteiger charge is -2.27. The van der Waals surface area contributed by atoms with Crippen molar-refractivity contribution in [2.45, 2.75) is 25.4 Å². The quantitative estimate of drug-likeness (QED) is 0.778. The van der Waals surface area contributed by atoms with E-state index in [4.69, 9.17) is 14.2 Å². The van der Waals surface area contributed by atoms with Crippen LogP contribution in [0.4, 0.5) is 0 Å². The molecule has 114 valence electrons. The molecule has 2 aliphatic heterocycles. The molecule has 0 aromatic heterocycles. The lowest BCUT2D eigenvalue weighted by Crippen LogP contribution is -2.36. The Kier molecular flexibility index (Phi) is 4.41. The monoisotopic (exact) mass is 291 g/mol. The minimum Gasteiger partial charge on any atom is -0.454 e. The minimum absolute atomic E-state index is 0.0895. The van der Waals surface area contributed by atoms with Crippen molar-refractivity contribution in [1.29, 1.82) is 0 Å². The van der Waals surface area contributed by atoms with Gasteiger partial charge >= 0.3 is 0 Å². The van der Waals surface area contributed by atoms with Crippen molar-refractivity contribution < 1.29 is 19.0 Å². The van der Waals surface area contributed by atoms with Crippen molar-refractivity contribution in [3.63, 3.8) is 0 Å². The Morgan fingerprint density at radius 1 is 1.29 bits per heavy atom. The first-order chi connectivity index (χ1) is 10.2. The van der Waals surface area contributed by atoms with Gasteiger partial charge < -0.3 is 14.2 Å². The number of carbonyl (C=O) groups excluding carboxylic acids is 1. The Balaban J connectivity index is 1.55. The summed E-state index contributed by atoms with van der Waals surface area (Å²) in [4.78, 5) is 14.3. The van der Waals surface area contributed by atoms with Gasteiger partial charge in [-0.2, -0.15) is 0 Å². The molecule has 0 spiro atoms. The molecule has 0 N–H and O–H groups in total. The number of fused-ring (bicyclic) bond motifs is 1. The molecule has 0 aliphatic carbocycles. The van der Waals surface area contributed by atoms with Gasteiger partial charge in [0.15, 0.2) is 17.3 Å². The average molecular weight is 291 g/mol. The number of ether oxygens (including phenoxy) is 3. The SMILES string of the molecule is CN(CC(=O)c1ccc2c(c1)OCO2)CC1CCCCO1. The van der Waals surface area contributed by atoms with Crippen LogP contribution in [-0.2, 0) is 4.74 Å². The fourth-order valence-electron chi connectivity index (χ4n) is 2.77. The fourth-order valence-corrected chi connectivity index (χ4v) is 2.77. The third-order valence-electron chi connectivity index (χ3n) is 3.90. The van der Waals surface area contributed by atoms with Gasteiger partial charge in [-0.3, -0.25) is 9.69 Å². The molecule has 21 heavy (non-hydrogen) atoms. The molecule has 5 nitrogen and oxygen atoms in total. The van der Waals surface area contributed by atoms with Gasteiger partial charge in [0.25, 0.3) is 0 Å². The maximum Gasteiger partial charge on any atom is 0.231 e. The summed E-state index contributed by atoms with van der Waals surface area (Å²) >= 11 is 0. The number of likely N-dealkylation sites (N-methyl/N-ethyl adjacent to an activating group) is 1. The molecule has 5 heteroatoms. The highest BCUT2D eigenvalue weighted by Crippen LogP contribution is 2.32. The summed E-state index contributed by atoms with van der Waals surface area (Å²) in [6.45, 7) is 2.26. The largest absolute Gasteiger partial charge is 0.454 e. The van der Waals surface area contributed by atoms with E-state index in [1.54, 1.807) is 18.2 Å². The van der Waals surface area contributed by atoms with Crippen LogP contribution in [0.1, 0.15) is 29.6 Å². The van der Waals surface area contributed by atoms with E-state index in [2.05, 4.69) is 0 Å². The number of carbonyl (C=O) groups is 1. The molecule has 0 radical (unpaired) electrons. The van der Waals surface area contributed by atoms with E-state index in [1.165, 1.54) is 6.42 Å². The molecule has 0 saturated carbocycles. The Labute approximate surface area is 124 Å². The van der Waals surface area contributed by atoms with E-state index in [9.17, 15) is 4.79 Å². The number of hydrogen-bond acceptors (Lipinski definition) is 5. The molecule has 1 aromatic rings. The minimum atomic E-state index is 0.0895. The first-order valence-electron chi connectivity index (χ1n) is 7.45. The lowest BCUT2D eigenvalue weighted by atomic mass is 10.1. The molecule has 2 heterocycles. The van der Waals surface area contributed by atoms with Crippen LogP contribution in [0.15, 0.2) is 18.2 Å². The molecule has 1 unspecified atom stereocenters. The van der Waals surface area contributed by atoms with Crippen LogP contribution in [0, 0.1) is 0 Å². The van der Waals surface area contributed by atoms with E-state index in [1.807, 2.05) is 11.9 Å². The number of rotatable bonds is 5. The molecular weight excluding hydrogens is 270 g/mol. The standard InChI is InChI=1S/C16H21NO4/c1-17(9-13-4-2-3-7-19-13)10-14(18)12-5-6-15-16(8-12)21-11-20-15/h5-6,8,13H,2-4,7,9-11H2,1H3. The van der Waals surface area contributed by atoms with E-state index in [0.29, 0.717) is 23.6 Å². The molecule has 3 rings (SSSR count). The molecule has 2 aliphatic rings. The van der Waals surface area contributed by atoms with Crippen molar-refractivity contribution in [3.8, 4) is 11.5 Å². The summed E-state index contributed by atoms with van der Waals surface area (Å²) in [6.07, 6.45) is 3.71. The average Bonchev–Trinajstić information content (AvgIpc) is 2.95. The summed E-state index contributed by atoms with van der Waals surface area (Å²) in [7, 11) is 1.96. The second kappa shape index (κ2) is 6.45. The van der Waals surface area contributed by atoms with Gasteiger partial charge in [0.05, 0.1) is 12.6 Å². The smallest absolute Gasteiger partial charge is 0.231 e. The fraction of sp³-hybridized carbons (Fsp3) is 0.562. The topological polar surface area (TPSA) is 48.0 Å². The van der Waals surface area contributed by atoms with Crippen molar-refractivity contribution in [1.82, 2.24) is 4.90 Å². The third-order valence-corrected chi connectivity index (χ3v) is 3.90. The van der Waals surface area contributed by atoms with Crippen LogP contribution in [0.3, 0.4) is 0 Å². The first kappa shape index (κ1) is 14.4. The Hall–Kier alpha value is -1.59. The van der Waals surface area contributed by atoms with Gasteiger partial charge in [-0.15, -0.1) is 0 Å². The molecule has 0 bridgehead atoms. The highest BCUT2D eigenvalue weighted by molar-refractivity contribution is 5.98. The normalized spacial score (nSPS) is 20.8. The van der Waals surface area contributed by atoms with Crippen LogP contribution in [0.2, 0.25) is 0 Å². The predicted octanol–water partition coefficient (Wildman–Crippen LogP) is 2.10. The maximum atomic E-state index is 12.3. The van der Waals surface area contributed by atoms with Crippen molar-refractivity contribution in [2.75, 3.05) is 33.5 Å². The van der Waals surface area contributed by atoms with Crippen LogP contribution >= 0.6 is 0 Å². The number of ketones is 1. The van der Waals surface area contributed by atoms with Crippen molar-refractivity contribution in [3.05, 3.63) is 23.8 Å². The van der Waals surface area contributed by atoms with Crippen LogP contribution in [-0.4, -0.2) is 50.3 Å². The highest BCUT2D eigenvalue weighted by Gasteiger charge is 2.19. The van der Waals surface area contributed by atoms with Crippen molar-refractivity contribution in [2.24, 2.45) is 0 Å². The first-order valence-corrected chi connectivity index (χ1v) is 7.45. The van der Waals surface area contributed by atoms with Crippen LogP contribution < -0.4 is 9.47 Å². The van der Waals surface area contributed by atoms with Gasteiger partial charge in [-0.1, -0.05) is 0 Å². The third kappa shape index (κ3) is 3.54. The molecule has 1 atom stereocenters. The number of Topliss-reactive ketones (excluding diaryl/α,β-unsaturated/α-hetero) is 1. The van der Waals surface area contributed by atoms with Crippen LogP contribution in [0.5, 0.6) is 11.5 Å². The molecular formula is C16H21NO4. The van der Waals surface area contributed by atoms with Gasteiger partial charge in [-0.05, 0) is 44.5 Å². The van der Waals surface area contributed by atoms with Gasteiger partial charge in [0.2, 0.25) is 6.79 Å². The van der Waals surface area contributed by atoms with E-state index < -0.39 is 0 Å². The summed E-state index contributed by atoms with van der Waals surface area (Å²) < 4.78 is 16.3. The molecule has 1 aromatic carbocycles. The van der Waals surface area contributed by atoms with Crippen LogP contribution in [0.25, 0.3) is 0 Å². The van der Waals surface area contributed by atoms with Gasteiger partial charge in [-0.25, -0.2) is 0 Å². The van der Waals surface area contributed by atoms with E-state index >= 15 is 0 Å². The molecule has 0 amide bonds. The zero-order valence-corrected chi connectivity index (χ0v) is 12.3. The number of benzene rings is 1. The van der Waals surface area contributed by atoms with Gasteiger partial charge in [0.1, 0.15) is 0 Å². The summed E-state index contributed by atoms with van der Waals surface area (Å²) in [5.74, 6) is 1.45. The second-order valence-corrected chi connectivity index (χ2v) is 5.68. The summed E-state index contributed by atoms with van der Waals surface area (Å²) in [5, 5.41) is 0. The van der Waals surface area contributed by atoms with Gasteiger partial charge in [0, 0.05) is 18.7 Å². The number of nitrogens with zero attached hydrogens (tertiary/aromatic N) is 1. The second-order valence-electron chi connectivity index (χ2n) is 5.68. The zero-order chi connectivity index (χ0) is 14.7. The Morgan fingerprint density at radius 2 is 2.14 bits per heavy atom. The highest BCUT2D eigenvalue weighted by atomic mass is 16.7.